The third-order valence-corrected chi connectivity index (χ3v) is 3.13. The van der Waals surface area contributed by atoms with E-state index in [0.717, 1.165) is 9.63 Å². The Morgan fingerprint density at radius 2 is 2.07 bits per heavy atom. The zero-order chi connectivity index (χ0) is 10.7. The number of aryl methyl sites for hydroxylation is 1. The third-order valence-electron chi connectivity index (χ3n) is 1.81. The summed E-state index contributed by atoms with van der Waals surface area (Å²) in [5, 5.41) is 0.906. The molecule has 0 aliphatic heterocycles. The van der Waals surface area contributed by atoms with Gasteiger partial charge in [0.1, 0.15) is 9.63 Å². The minimum absolute atomic E-state index is 0.760. The molecule has 4 heteroatoms. The average Bonchev–Trinajstić information content (AvgIpc) is 2.22. The fourth-order valence-electron chi connectivity index (χ4n) is 1.15. The molecule has 2 aromatic rings. The summed E-state index contributed by atoms with van der Waals surface area (Å²) in [6, 6.07) is 8.33. The van der Waals surface area contributed by atoms with Crippen LogP contribution in [0.3, 0.4) is 0 Å². The van der Waals surface area contributed by atoms with Crippen LogP contribution in [0.4, 0.5) is 0 Å². The molecule has 0 bridgehead atoms. The second-order valence-electron chi connectivity index (χ2n) is 3.10. The number of halogens is 1. The van der Waals surface area contributed by atoms with Gasteiger partial charge in [0.25, 0.3) is 0 Å². The molecule has 0 saturated carbocycles. The molecule has 2 rings (SSSR count). The topological polar surface area (TPSA) is 25.8 Å². The van der Waals surface area contributed by atoms with Gasteiger partial charge in [-0.2, -0.15) is 0 Å². The molecule has 0 N–H and O–H groups in total. The first kappa shape index (κ1) is 10.6. The van der Waals surface area contributed by atoms with Crippen LogP contribution in [0, 0.1) is 6.92 Å². The maximum absolute atomic E-state index is 4.26. The molecule has 0 unspecified atom stereocenters. The second kappa shape index (κ2) is 4.77. The van der Waals surface area contributed by atoms with Crippen LogP contribution in [0.25, 0.3) is 0 Å². The third kappa shape index (κ3) is 3.04. The molecular weight excluding hydrogens is 272 g/mol. The molecule has 0 amide bonds. The minimum Gasteiger partial charge on any atom is -0.245 e. The van der Waals surface area contributed by atoms with Gasteiger partial charge in [0.05, 0.1) is 12.4 Å². The molecule has 15 heavy (non-hydrogen) atoms. The Kier molecular flexibility index (Phi) is 3.38. The van der Waals surface area contributed by atoms with Crippen molar-refractivity contribution >= 4 is 27.7 Å². The average molecular weight is 281 g/mol. The van der Waals surface area contributed by atoms with E-state index in [1.54, 1.807) is 24.2 Å². The largest absolute Gasteiger partial charge is 0.245 e. The van der Waals surface area contributed by atoms with Crippen molar-refractivity contribution < 1.29 is 0 Å². The Labute approximate surface area is 101 Å². The van der Waals surface area contributed by atoms with E-state index >= 15 is 0 Å². The monoisotopic (exact) mass is 280 g/mol. The van der Waals surface area contributed by atoms with Crippen molar-refractivity contribution in [3.63, 3.8) is 0 Å². The van der Waals surface area contributed by atoms with Crippen LogP contribution in [-0.4, -0.2) is 9.97 Å². The normalized spacial score (nSPS) is 10.3. The van der Waals surface area contributed by atoms with Gasteiger partial charge in [0.15, 0.2) is 0 Å². The lowest BCUT2D eigenvalue weighted by atomic mass is 10.2. The van der Waals surface area contributed by atoms with E-state index in [1.807, 2.05) is 6.07 Å². The van der Waals surface area contributed by atoms with Crippen molar-refractivity contribution in [2.45, 2.75) is 16.8 Å². The summed E-state index contributed by atoms with van der Waals surface area (Å²) in [5.41, 5.74) is 1.25. The van der Waals surface area contributed by atoms with Crippen LogP contribution in [0.1, 0.15) is 5.56 Å². The van der Waals surface area contributed by atoms with Crippen LogP contribution in [-0.2, 0) is 0 Å². The maximum Gasteiger partial charge on any atom is 0.124 e. The van der Waals surface area contributed by atoms with Gasteiger partial charge in [0.2, 0.25) is 0 Å². The SMILES string of the molecule is Cc1cccc(Sc2cnc(Br)cn2)c1. The van der Waals surface area contributed by atoms with Gasteiger partial charge in [-0.3, -0.25) is 0 Å². The molecule has 2 nitrogen and oxygen atoms in total. The van der Waals surface area contributed by atoms with Gasteiger partial charge in [-0.05, 0) is 35.0 Å². The maximum atomic E-state index is 4.26. The molecule has 0 radical (unpaired) electrons. The molecule has 0 spiro atoms. The van der Waals surface area contributed by atoms with Gasteiger partial charge in [-0.15, -0.1) is 0 Å². The molecule has 0 saturated heterocycles. The smallest absolute Gasteiger partial charge is 0.124 e. The first-order valence-electron chi connectivity index (χ1n) is 4.46. The Bertz CT molecular complexity index is 456. The van der Waals surface area contributed by atoms with Crippen molar-refractivity contribution in [2.24, 2.45) is 0 Å². The van der Waals surface area contributed by atoms with Crippen LogP contribution in [0.2, 0.25) is 0 Å². The van der Waals surface area contributed by atoms with E-state index in [2.05, 4.69) is 51.0 Å². The highest BCUT2D eigenvalue weighted by atomic mass is 79.9. The lowest BCUT2D eigenvalue weighted by molar-refractivity contribution is 1.03. The van der Waals surface area contributed by atoms with Crippen LogP contribution in [0.15, 0.2) is 51.2 Å². The highest BCUT2D eigenvalue weighted by Crippen LogP contribution is 2.26. The molecule has 1 aromatic heterocycles. The fourth-order valence-corrected chi connectivity index (χ4v) is 2.20. The molecule has 0 aliphatic carbocycles. The van der Waals surface area contributed by atoms with Crippen molar-refractivity contribution in [2.75, 3.05) is 0 Å². The van der Waals surface area contributed by atoms with E-state index in [4.69, 9.17) is 0 Å². The van der Waals surface area contributed by atoms with Gasteiger partial charge in [-0.25, -0.2) is 9.97 Å². The number of rotatable bonds is 2. The first-order chi connectivity index (χ1) is 7.24. The summed E-state index contributed by atoms with van der Waals surface area (Å²) in [5.74, 6) is 0. The molecule has 1 heterocycles. The number of hydrogen-bond acceptors (Lipinski definition) is 3. The summed E-state index contributed by atoms with van der Waals surface area (Å²) in [4.78, 5) is 9.57. The second-order valence-corrected chi connectivity index (χ2v) is 5.00. The van der Waals surface area contributed by atoms with E-state index in [0.29, 0.717) is 0 Å². The predicted molar refractivity (Wildman–Crippen MR) is 65.0 cm³/mol. The molecule has 76 valence electrons. The predicted octanol–water partition coefficient (Wildman–Crippen LogP) is 3.70. The van der Waals surface area contributed by atoms with Gasteiger partial charge in [-0.1, -0.05) is 29.5 Å². The van der Waals surface area contributed by atoms with Gasteiger partial charge in [0, 0.05) is 4.90 Å². The summed E-state index contributed by atoms with van der Waals surface area (Å²) in [6.45, 7) is 2.08. The number of benzene rings is 1. The molecule has 0 aliphatic rings. The van der Waals surface area contributed by atoms with Crippen molar-refractivity contribution in [1.82, 2.24) is 9.97 Å². The zero-order valence-corrected chi connectivity index (χ0v) is 10.5. The number of hydrogen-bond donors (Lipinski definition) is 0. The molecule has 0 fully saturated rings. The van der Waals surface area contributed by atoms with Crippen molar-refractivity contribution in [3.05, 3.63) is 46.8 Å². The summed E-state index contributed by atoms with van der Waals surface area (Å²) < 4.78 is 0.760. The first-order valence-corrected chi connectivity index (χ1v) is 6.07. The summed E-state index contributed by atoms with van der Waals surface area (Å²) >= 11 is 4.88. The van der Waals surface area contributed by atoms with Gasteiger partial charge >= 0.3 is 0 Å². The van der Waals surface area contributed by atoms with Crippen LogP contribution in [0.5, 0.6) is 0 Å². The Morgan fingerprint density at radius 3 is 2.73 bits per heavy atom. The van der Waals surface area contributed by atoms with Crippen molar-refractivity contribution in [1.29, 1.82) is 0 Å². The molecular formula is C11H9BrN2S. The van der Waals surface area contributed by atoms with E-state index in [-0.39, 0.29) is 0 Å². The molecule has 0 atom stereocenters. The quantitative estimate of drug-likeness (QED) is 0.839. The lowest BCUT2D eigenvalue weighted by Gasteiger charge is -2.01. The van der Waals surface area contributed by atoms with Crippen LogP contribution >= 0.6 is 27.7 Å². The standard InChI is InChI=1S/C11H9BrN2S/c1-8-3-2-4-9(5-8)15-11-7-13-10(12)6-14-11/h2-7H,1H3. The lowest BCUT2D eigenvalue weighted by Crippen LogP contribution is -1.83. The fraction of sp³-hybridized carbons (Fsp3) is 0.0909. The van der Waals surface area contributed by atoms with Crippen molar-refractivity contribution in [3.8, 4) is 0 Å². The highest BCUT2D eigenvalue weighted by molar-refractivity contribution is 9.10. The van der Waals surface area contributed by atoms with Gasteiger partial charge < -0.3 is 0 Å². The minimum atomic E-state index is 0.760. The number of aromatic nitrogens is 2. The molecule has 1 aromatic carbocycles. The van der Waals surface area contributed by atoms with E-state index < -0.39 is 0 Å². The Balaban J connectivity index is 2.18. The van der Waals surface area contributed by atoms with E-state index in [1.165, 1.54) is 10.5 Å². The number of nitrogens with zero attached hydrogens (tertiary/aromatic N) is 2. The Hall–Kier alpha value is -0.870. The zero-order valence-electron chi connectivity index (χ0n) is 8.14. The Morgan fingerprint density at radius 1 is 1.20 bits per heavy atom. The highest BCUT2D eigenvalue weighted by Gasteiger charge is 1.99. The van der Waals surface area contributed by atoms with E-state index in [9.17, 15) is 0 Å². The summed E-state index contributed by atoms with van der Waals surface area (Å²) in [6.07, 6.45) is 3.47. The summed E-state index contributed by atoms with van der Waals surface area (Å²) in [7, 11) is 0. The van der Waals surface area contributed by atoms with Crippen LogP contribution < -0.4 is 0 Å².